The predicted molar refractivity (Wildman–Crippen MR) is 77.6 cm³/mol. The summed E-state index contributed by atoms with van der Waals surface area (Å²) in [5.74, 6) is 0.957. The first kappa shape index (κ1) is 12.0. The van der Waals surface area contributed by atoms with Crippen LogP contribution in [-0.4, -0.2) is 10.1 Å². The third-order valence-electron chi connectivity index (χ3n) is 2.79. The van der Waals surface area contributed by atoms with Crippen molar-refractivity contribution in [3.05, 3.63) is 59.2 Å². The molecule has 0 saturated carbocycles. The summed E-state index contributed by atoms with van der Waals surface area (Å²) in [6.45, 7) is 0. The highest BCUT2D eigenvalue weighted by Gasteiger charge is 2.08. The summed E-state index contributed by atoms with van der Waals surface area (Å²) in [5.41, 5.74) is 0. The first-order valence-electron chi connectivity index (χ1n) is 5.75. The number of halogens is 1. The van der Waals surface area contributed by atoms with Crippen molar-refractivity contribution >= 4 is 26.7 Å². The maximum Gasteiger partial charge on any atom is 0.227 e. The number of rotatable bonds is 2. The van der Waals surface area contributed by atoms with Gasteiger partial charge in [0.05, 0.1) is 0 Å². The smallest absolute Gasteiger partial charge is 0.227 e. The number of phenols is 1. The van der Waals surface area contributed by atoms with E-state index in [1.54, 1.807) is 30.5 Å². The standard InChI is InChI=1S/C15H10BrNO2/c16-12-5-3-4-11-10(12)8-9-17-15(11)19-14-7-2-1-6-13(14)18/h1-9,18H. The van der Waals surface area contributed by atoms with E-state index < -0.39 is 0 Å². The molecule has 1 N–H and O–H groups in total. The van der Waals surface area contributed by atoms with Crippen LogP contribution in [0.2, 0.25) is 0 Å². The fourth-order valence-corrected chi connectivity index (χ4v) is 2.37. The minimum atomic E-state index is 0.0938. The van der Waals surface area contributed by atoms with E-state index in [0.29, 0.717) is 11.6 Å². The topological polar surface area (TPSA) is 42.4 Å². The van der Waals surface area contributed by atoms with Crippen molar-refractivity contribution in [3.8, 4) is 17.4 Å². The lowest BCUT2D eigenvalue weighted by Crippen LogP contribution is -1.90. The zero-order chi connectivity index (χ0) is 13.2. The molecule has 0 aliphatic carbocycles. The molecule has 0 atom stereocenters. The summed E-state index contributed by atoms with van der Waals surface area (Å²) in [6.07, 6.45) is 1.68. The van der Waals surface area contributed by atoms with Crippen molar-refractivity contribution in [2.75, 3.05) is 0 Å². The molecule has 1 heterocycles. The first-order chi connectivity index (χ1) is 9.25. The lowest BCUT2D eigenvalue weighted by Gasteiger charge is -2.09. The highest BCUT2D eigenvalue weighted by Crippen LogP contribution is 2.34. The number of nitrogens with zero attached hydrogens (tertiary/aromatic N) is 1. The molecule has 0 amide bonds. The Morgan fingerprint density at radius 3 is 2.63 bits per heavy atom. The van der Waals surface area contributed by atoms with Crippen LogP contribution >= 0.6 is 15.9 Å². The van der Waals surface area contributed by atoms with E-state index in [-0.39, 0.29) is 5.75 Å². The van der Waals surface area contributed by atoms with Crippen molar-refractivity contribution < 1.29 is 9.84 Å². The molecule has 1 aromatic heterocycles. The van der Waals surface area contributed by atoms with Gasteiger partial charge in [-0.1, -0.05) is 34.1 Å². The number of hydrogen-bond donors (Lipinski definition) is 1. The second-order valence-corrected chi connectivity index (χ2v) is 4.88. The molecule has 0 unspecified atom stereocenters. The second-order valence-electron chi connectivity index (χ2n) is 4.02. The predicted octanol–water partition coefficient (Wildman–Crippen LogP) is 4.50. The van der Waals surface area contributed by atoms with Crippen LogP contribution in [0.5, 0.6) is 17.4 Å². The molecule has 2 aromatic carbocycles. The minimum absolute atomic E-state index is 0.0938. The summed E-state index contributed by atoms with van der Waals surface area (Å²) < 4.78 is 6.68. The molecule has 19 heavy (non-hydrogen) atoms. The Bertz CT molecular complexity index is 743. The molecular weight excluding hydrogens is 306 g/mol. The van der Waals surface area contributed by atoms with Crippen LogP contribution in [0.4, 0.5) is 0 Å². The molecule has 0 aliphatic heterocycles. The van der Waals surface area contributed by atoms with E-state index in [2.05, 4.69) is 20.9 Å². The number of phenolic OH excluding ortho intramolecular Hbond substituents is 1. The van der Waals surface area contributed by atoms with Crippen LogP contribution in [0.3, 0.4) is 0 Å². The summed E-state index contributed by atoms with van der Waals surface area (Å²) in [7, 11) is 0. The van der Waals surface area contributed by atoms with Crippen LogP contribution in [0.15, 0.2) is 59.2 Å². The Balaban J connectivity index is 2.12. The highest BCUT2D eigenvalue weighted by molar-refractivity contribution is 9.10. The van der Waals surface area contributed by atoms with Gasteiger partial charge in [0.1, 0.15) is 0 Å². The van der Waals surface area contributed by atoms with E-state index in [0.717, 1.165) is 15.2 Å². The van der Waals surface area contributed by atoms with Crippen LogP contribution in [0.25, 0.3) is 10.8 Å². The number of benzene rings is 2. The first-order valence-corrected chi connectivity index (χ1v) is 6.54. The Labute approximate surface area is 118 Å². The van der Waals surface area contributed by atoms with Gasteiger partial charge in [0, 0.05) is 21.4 Å². The van der Waals surface area contributed by atoms with Crippen LogP contribution in [0.1, 0.15) is 0 Å². The monoisotopic (exact) mass is 315 g/mol. The van der Waals surface area contributed by atoms with Gasteiger partial charge in [-0.3, -0.25) is 0 Å². The SMILES string of the molecule is Oc1ccccc1Oc1nccc2c(Br)cccc12. The van der Waals surface area contributed by atoms with Gasteiger partial charge < -0.3 is 9.84 Å². The molecule has 0 saturated heterocycles. The number of fused-ring (bicyclic) bond motifs is 1. The molecule has 0 spiro atoms. The summed E-state index contributed by atoms with van der Waals surface area (Å²) in [4.78, 5) is 4.23. The zero-order valence-corrected chi connectivity index (χ0v) is 11.5. The van der Waals surface area contributed by atoms with E-state index in [1.807, 2.05) is 24.3 Å². The van der Waals surface area contributed by atoms with E-state index in [9.17, 15) is 5.11 Å². The van der Waals surface area contributed by atoms with Gasteiger partial charge in [-0.2, -0.15) is 0 Å². The lowest BCUT2D eigenvalue weighted by atomic mass is 10.2. The molecule has 0 aliphatic rings. The van der Waals surface area contributed by atoms with Crippen LogP contribution in [-0.2, 0) is 0 Å². The third-order valence-corrected chi connectivity index (χ3v) is 3.48. The Morgan fingerprint density at radius 1 is 0.947 bits per heavy atom. The number of aromatic nitrogens is 1. The fourth-order valence-electron chi connectivity index (χ4n) is 1.87. The molecule has 4 heteroatoms. The van der Waals surface area contributed by atoms with Gasteiger partial charge in [0.25, 0.3) is 0 Å². The quantitative estimate of drug-likeness (QED) is 0.757. The number of hydrogen-bond acceptors (Lipinski definition) is 3. The van der Waals surface area contributed by atoms with E-state index >= 15 is 0 Å². The molecule has 3 rings (SSSR count). The molecule has 94 valence electrons. The Kier molecular flexibility index (Phi) is 3.09. The maximum absolute atomic E-state index is 9.74. The summed E-state index contributed by atoms with van der Waals surface area (Å²) >= 11 is 3.50. The van der Waals surface area contributed by atoms with Gasteiger partial charge >= 0.3 is 0 Å². The van der Waals surface area contributed by atoms with Crippen molar-refractivity contribution in [1.29, 1.82) is 0 Å². The van der Waals surface area contributed by atoms with Gasteiger partial charge in [0.15, 0.2) is 11.5 Å². The number of pyridine rings is 1. The van der Waals surface area contributed by atoms with Gasteiger partial charge in [-0.15, -0.1) is 0 Å². The van der Waals surface area contributed by atoms with Crippen molar-refractivity contribution in [2.45, 2.75) is 0 Å². The Morgan fingerprint density at radius 2 is 1.79 bits per heavy atom. The number of ether oxygens (including phenoxy) is 1. The Hall–Kier alpha value is -2.07. The van der Waals surface area contributed by atoms with Gasteiger partial charge in [-0.25, -0.2) is 4.98 Å². The van der Waals surface area contributed by atoms with Crippen LogP contribution < -0.4 is 4.74 Å². The van der Waals surface area contributed by atoms with Gasteiger partial charge in [0.2, 0.25) is 5.88 Å². The largest absolute Gasteiger partial charge is 0.504 e. The molecule has 3 aromatic rings. The normalized spacial score (nSPS) is 10.6. The minimum Gasteiger partial charge on any atom is -0.504 e. The van der Waals surface area contributed by atoms with Gasteiger partial charge in [-0.05, 0) is 30.3 Å². The average Bonchev–Trinajstić information content (AvgIpc) is 2.42. The number of para-hydroxylation sites is 2. The third kappa shape index (κ3) is 2.27. The average molecular weight is 316 g/mol. The second kappa shape index (κ2) is 4.90. The molecule has 0 fully saturated rings. The highest BCUT2D eigenvalue weighted by atomic mass is 79.9. The van der Waals surface area contributed by atoms with E-state index in [1.165, 1.54) is 0 Å². The summed E-state index contributed by atoms with van der Waals surface area (Å²) in [5, 5.41) is 11.6. The fraction of sp³-hybridized carbons (Fsp3) is 0. The van der Waals surface area contributed by atoms with E-state index in [4.69, 9.17) is 4.74 Å². The molecule has 3 nitrogen and oxygen atoms in total. The van der Waals surface area contributed by atoms with Crippen molar-refractivity contribution in [3.63, 3.8) is 0 Å². The lowest BCUT2D eigenvalue weighted by molar-refractivity contribution is 0.405. The summed E-state index contributed by atoms with van der Waals surface area (Å²) in [6, 6.07) is 14.6. The van der Waals surface area contributed by atoms with Crippen molar-refractivity contribution in [1.82, 2.24) is 4.98 Å². The molecule has 0 bridgehead atoms. The van der Waals surface area contributed by atoms with Crippen LogP contribution in [0, 0.1) is 0 Å². The zero-order valence-electron chi connectivity index (χ0n) is 9.88. The number of aromatic hydroxyl groups is 1. The molecular formula is C15H10BrNO2. The maximum atomic E-state index is 9.74. The molecule has 0 radical (unpaired) electrons. The van der Waals surface area contributed by atoms with Crippen molar-refractivity contribution in [2.24, 2.45) is 0 Å².